The molecule has 0 aromatic heterocycles. The molecule has 3 nitrogen and oxygen atoms in total. The van der Waals surface area contributed by atoms with Crippen LogP contribution in [0.2, 0.25) is 0 Å². The molecule has 3 heteroatoms. The molecule has 2 N–H and O–H groups in total. The van der Waals surface area contributed by atoms with Crippen molar-refractivity contribution in [2.24, 2.45) is 5.73 Å². The van der Waals surface area contributed by atoms with Crippen LogP contribution in [0.25, 0.3) is 0 Å². The maximum atomic E-state index is 5.66. The van der Waals surface area contributed by atoms with Crippen molar-refractivity contribution in [2.75, 3.05) is 20.2 Å². The highest BCUT2D eigenvalue weighted by Crippen LogP contribution is 2.29. The van der Waals surface area contributed by atoms with Crippen molar-refractivity contribution in [3.63, 3.8) is 0 Å². The molecule has 0 amide bonds. The van der Waals surface area contributed by atoms with E-state index in [2.05, 4.69) is 30.0 Å². The standard InChI is InChI=1S/C16H26N2O/c1-13-7-8-16(19-2)14(11-13)12-18(10-4-9-17)15-5-3-6-15/h7-8,11,15H,3-6,9-10,12,17H2,1-2H3. The molecule has 0 heterocycles. The Labute approximate surface area is 116 Å². The van der Waals surface area contributed by atoms with Crippen LogP contribution < -0.4 is 10.5 Å². The lowest BCUT2D eigenvalue weighted by Gasteiger charge is -2.38. The third kappa shape index (κ3) is 3.71. The van der Waals surface area contributed by atoms with Crippen LogP contribution in [0, 0.1) is 6.92 Å². The van der Waals surface area contributed by atoms with Gasteiger partial charge in [-0.25, -0.2) is 0 Å². The Morgan fingerprint density at radius 2 is 2.16 bits per heavy atom. The molecule has 1 aliphatic rings. The van der Waals surface area contributed by atoms with Gasteiger partial charge in [-0.3, -0.25) is 4.90 Å². The molecule has 0 saturated heterocycles. The Morgan fingerprint density at radius 1 is 1.37 bits per heavy atom. The number of nitrogens with two attached hydrogens (primary N) is 1. The average molecular weight is 262 g/mol. The first-order valence-corrected chi connectivity index (χ1v) is 7.32. The molecule has 0 atom stereocenters. The zero-order chi connectivity index (χ0) is 13.7. The van der Waals surface area contributed by atoms with Gasteiger partial charge in [0.05, 0.1) is 7.11 Å². The number of benzene rings is 1. The van der Waals surface area contributed by atoms with Crippen LogP contribution >= 0.6 is 0 Å². The summed E-state index contributed by atoms with van der Waals surface area (Å²) >= 11 is 0. The predicted molar refractivity (Wildman–Crippen MR) is 79.5 cm³/mol. The molecule has 0 spiro atoms. The number of hydrogen-bond acceptors (Lipinski definition) is 3. The Kier molecular flexibility index (Phi) is 5.23. The van der Waals surface area contributed by atoms with Gasteiger partial charge >= 0.3 is 0 Å². The van der Waals surface area contributed by atoms with Crippen molar-refractivity contribution < 1.29 is 4.74 Å². The molecular formula is C16H26N2O. The summed E-state index contributed by atoms with van der Waals surface area (Å²) in [6, 6.07) is 7.17. The van der Waals surface area contributed by atoms with E-state index in [0.717, 1.165) is 37.8 Å². The molecular weight excluding hydrogens is 236 g/mol. The van der Waals surface area contributed by atoms with E-state index in [9.17, 15) is 0 Å². The fourth-order valence-corrected chi connectivity index (χ4v) is 2.69. The quantitative estimate of drug-likeness (QED) is 0.821. The van der Waals surface area contributed by atoms with Gasteiger partial charge in [0.15, 0.2) is 0 Å². The third-order valence-electron chi connectivity index (χ3n) is 4.05. The van der Waals surface area contributed by atoms with E-state index in [1.54, 1.807) is 7.11 Å². The lowest BCUT2D eigenvalue weighted by molar-refractivity contribution is 0.117. The topological polar surface area (TPSA) is 38.5 Å². The zero-order valence-electron chi connectivity index (χ0n) is 12.2. The van der Waals surface area contributed by atoms with Gasteiger partial charge < -0.3 is 10.5 Å². The van der Waals surface area contributed by atoms with Crippen molar-refractivity contribution in [1.29, 1.82) is 0 Å². The minimum absolute atomic E-state index is 0.747. The van der Waals surface area contributed by atoms with Gasteiger partial charge in [0, 0.05) is 18.2 Å². The summed E-state index contributed by atoms with van der Waals surface area (Å²) in [5, 5.41) is 0. The summed E-state index contributed by atoms with van der Waals surface area (Å²) in [6.07, 6.45) is 5.11. The molecule has 0 radical (unpaired) electrons. The fourth-order valence-electron chi connectivity index (χ4n) is 2.69. The molecule has 2 rings (SSSR count). The first-order chi connectivity index (χ1) is 9.24. The van der Waals surface area contributed by atoms with Crippen molar-refractivity contribution in [3.05, 3.63) is 29.3 Å². The molecule has 1 saturated carbocycles. The van der Waals surface area contributed by atoms with Crippen LogP contribution in [0.5, 0.6) is 5.75 Å². The van der Waals surface area contributed by atoms with Crippen LogP contribution in [-0.4, -0.2) is 31.1 Å². The van der Waals surface area contributed by atoms with Crippen molar-refractivity contribution in [2.45, 2.75) is 45.2 Å². The van der Waals surface area contributed by atoms with Crippen LogP contribution in [-0.2, 0) is 6.54 Å². The first-order valence-electron chi connectivity index (χ1n) is 7.32. The normalized spacial score (nSPS) is 15.6. The van der Waals surface area contributed by atoms with Gasteiger partial charge in [0.1, 0.15) is 5.75 Å². The minimum Gasteiger partial charge on any atom is -0.496 e. The lowest BCUT2D eigenvalue weighted by atomic mass is 9.91. The third-order valence-corrected chi connectivity index (χ3v) is 4.05. The Morgan fingerprint density at radius 3 is 2.74 bits per heavy atom. The number of ether oxygens (including phenoxy) is 1. The van der Waals surface area contributed by atoms with Crippen LogP contribution in [0.3, 0.4) is 0 Å². The Bertz CT molecular complexity index is 402. The highest BCUT2D eigenvalue weighted by molar-refractivity contribution is 5.36. The fraction of sp³-hybridized carbons (Fsp3) is 0.625. The first kappa shape index (κ1) is 14.4. The molecule has 0 unspecified atom stereocenters. The lowest BCUT2D eigenvalue weighted by Crippen LogP contribution is -2.40. The summed E-state index contributed by atoms with van der Waals surface area (Å²) in [7, 11) is 1.75. The maximum absolute atomic E-state index is 5.66. The van der Waals surface area contributed by atoms with Gasteiger partial charge in [0.25, 0.3) is 0 Å². The zero-order valence-corrected chi connectivity index (χ0v) is 12.2. The molecule has 1 fully saturated rings. The number of aryl methyl sites for hydroxylation is 1. The monoisotopic (exact) mass is 262 g/mol. The number of hydrogen-bond donors (Lipinski definition) is 1. The largest absolute Gasteiger partial charge is 0.496 e. The molecule has 1 aromatic rings. The summed E-state index contributed by atoms with van der Waals surface area (Å²) < 4.78 is 5.49. The van der Waals surface area contributed by atoms with Crippen LogP contribution in [0.1, 0.15) is 36.8 Å². The van der Waals surface area contributed by atoms with Crippen LogP contribution in [0.15, 0.2) is 18.2 Å². The van der Waals surface area contributed by atoms with Crippen LogP contribution in [0.4, 0.5) is 0 Å². The van der Waals surface area contributed by atoms with Gasteiger partial charge in [-0.1, -0.05) is 24.1 Å². The highest BCUT2D eigenvalue weighted by atomic mass is 16.5. The molecule has 106 valence electrons. The van der Waals surface area contributed by atoms with E-state index >= 15 is 0 Å². The minimum atomic E-state index is 0.747. The van der Waals surface area contributed by atoms with Gasteiger partial charge in [-0.05, 0) is 45.3 Å². The molecule has 0 bridgehead atoms. The molecule has 1 aliphatic carbocycles. The Hall–Kier alpha value is -1.06. The second-order valence-electron chi connectivity index (χ2n) is 5.51. The van der Waals surface area contributed by atoms with Crippen molar-refractivity contribution in [1.82, 2.24) is 4.90 Å². The molecule has 0 aliphatic heterocycles. The number of rotatable bonds is 7. The van der Waals surface area contributed by atoms with E-state index in [-0.39, 0.29) is 0 Å². The van der Waals surface area contributed by atoms with Gasteiger partial charge in [-0.2, -0.15) is 0 Å². The van der Waals surface area contributed by atoms with Gasteiger partial charge in [-0.15, -0.1) is 0 Å². The SMILES string of the molecule is COc1ccc(C)cc1CN(CCCN)C1CCC1. The second kappa shape index (κ2) is 6.92. The molecule has 19 heavy (non-hydrogen) atoms. The number of nitrogens with zero attached hydrogens (tertiary/aromatic N) is 1. The maximum Gasteiger partial charge on any atom is 0.123 e. The Balaban J connectivity index is 2.08. The van der Waals surface area contributed by atoms with Crippen molar-refractivity contribution in [3.8, 4) is 5.75 Å². The smallest absolute Gasteiger partial charge is 0.123 e. The highest BCUT2D eigenvalue weighted by Gasteiger charge is 2.25. The second-order valence-corrected chi connectivity index (χ2v) is 5.51. The van der Waals surface area contributed by atoms with E-state index in [0.29, 0.717) is 0 Å². The molecule has 1 aromatic carbocycles. The summed E-state index contributed by atoms with van der Waals surface area (Å²) in [4.78, 5) is 2.58. The summed E-state index contributed by atoms with van der Waals surface area (Å²) in [5.41, 5.74) is 8.25. The van der Waals surface area contributed by atoms with Gasteiger partial charge in [0.2, 0.25) is 0 Å². The predicted octanol–water partition coefficient (Wildman–Crippen LogP) is 2.71. The summed E-state index contributed by atoms with van der Waals surface area (Å²) in [6.45, 7) is 4.98. The average Bonchev–Trinajstić information content (AvgIpc) is 2.34. The van der Waals surface area contributed by atoms with Crippen molar-refractivity contribution >= 4 is 0 Å². The summed E-state index contributed by atoms with van der Waals surface area (Å²) in [5.74, 6) is 1.00. The van der Waals surface area contributed by atoms with E-state index in [1.165, 1.54) is 30.4 Å². The number of methoxy groups -OCH3 is 1. The van der Waals surface area contributed by atoms with E-state index < -0.39 is 0 Å². The van der Waals surface area contributed by atoms with E-state index in [1.807, 2.05) is 0 Å². The van der Waals surface area contributed by atoms with E-state index in [4.69, 9.17) is 10.5 Å².